The quantitative estimate of drug-likeness (QED) is 0.364. The highest BCUT2D eigenvalue weighted by Crippen LogP contribution is 2.50. The van der Waals surface area contributed by atoms with Crippen molar-refractivity contribution in [2.24, 2.45) is 0 Å². The molecule has 2 aromatic heterocycles. The van der Waals surface area contributed by atoms with Crippen LogP contribution in [0.1, 0.15) is 15.9 Å². The van der Waals surface area contributed by atoms with Crippen LogP contribution in [0.3, 0.4) is 0 Å². The fourth-order valence-corrected chi connectivity index (χ4v) is 5.57. The first-order valence-electron chi connectivity index (χ1n) is 7.75. The molecule has 0 fully saturated rings. The highest BCUT2D eigenvalue weighted by Gasteiger charge is 2.32. The number of carbonyl (C=O) groups is 1. The lowest BCUT2D eigenvalue weighted by Gasteiger charge is -1.95. The van der Waals surface area contributed by atoms with E-state index < -0.39 is 0 Å². The maximum atomic E-state index is 12.8. The van der Waals surface area contributed by atoms with Gasteiger partial charge in [0.2, 0.25) is 0 Å². The first-order chi connectivity index (χ1) is 11.8. The largest absolute Gasteiger partial charge is 0.288 e. The van der Waals surface area contributed by atoms with Gasteiger partial charge >= 0.3 is 0 Å². The van der Waals surface area contributed by atoms with Crippen molar-refractivity contribution in [2.45, 2.75) is 0 Å². The topological polar surface area (TPSA) is 17.1 Å². The Balaban J connectivity index is 1.64. The van der Waals surface area contributed by atoms with Gasteiger partial charge in [-0.05, 0) is 23.3 Å². The zero-order valence-electron chi connectivity index (χ0n) is 12.7. The van der Waals surface area contributed by atoms with Gasteiger partial charge in [-0.2, -0.15) is 0 Å². The summed E-state index contributed by atoms with van der Waals surface area (Å²) < 4.78 is 0. The highest BCUT2D eigenvalue weighted by molar-refractivity contribution is 7.26. The Kier molecular flexibility index (Phi) is 3.05. The van der Waals surface area contributed by atoms with Crippen LogP contribution < -0.4 is 0 Å². The monoisotopic (exact) mass is 344 g/mol. The van der Waals surface area contributed by atoms with E-state index in [9.17, 15) is 4.79 Å². The molecule has 0 saturated carbocycles. The molecule has 0 radical (unpaired) electrons. The third-order valence-electron chi connectivity index (χ3n) is 4.28. The van der Waals surface area contributed by atoms with E-state index in [1.165, 1.54) is 11.1 Å². The second kappa shape index (κ2) is 5.26. The zero-order chi connectivity index (χ0) is 16.1. The molecule has 1 nitrogen and oxygen atoms in total. The standard InChI is InChI=1S/C21H12OS2/c22-19-15-11-17(13-7-3-1-4-8-13)23-20(15)21-16(19)12-18(24-21)14-9-5-2-6-10-14/h1-12H. The second-order valence-corrected chi connectivity index (χ2v) is 7.87. The van der Waals surface area contributed by atoms with Crippen molar-refractivity contribution in [3.05, 3.63) is 83.9 Å². The second-order valence-electron chi connectivity index (χ2n) is 5.77. The van der Waals surface area contributed by atoms with E-state index in [1.807, 2.05) is 48.5 Å². The van der Waals surface area contributed by atoms with E-state index in [0.29, 0.717) is 0 Å². The molecule has 4 aromatic rings. The van der Waals surface area contributed by atoms with Crippen LogP contribution in [0.5, 0.6) is 0 Å². The SMILES string of the molecule is O=C1c2cc(-c3ccccc3)sc2-c2sc(-c3ccccc3)cc21. The lowest BCUT2D eigenvalue weighted by atomic mass is 10.1. The smallest absolute Gasteiger partial charge is 0.196 e. The van der Waals surface area contributed by atoms with Crippen molar-refractivity contribution in [1.82, 2.24) is 0 Å². The molecular weight excluding hydrogens is 332 g/mol. The molecule has 114 valence electrons. The fraction of sp³-hybridized carbons (Fsp3) is 0. The molecule has 0 unspecified atom stereocenters. The van der Waals surface area contributed by atoms with Crippen LogP contribution >= 0.6 is 22.7 Å². The molecule has 5 rings (SSSR count). The predicted molar refractivity (Wildman–Crippen MR) is 102 cm³/mol. The third kappa shape index (κ3) is 2.02. The summed E-state index contributed by atoms with van der Waals surface area (Å²) in [5.74, 6) is 0.164. The van der Waals surface area contributed by atoms with Crippen LogP contribution in [-0.4, -0.2) is 5.78 Å². The van der Waals surface area contributed by atoms with Gasteiger partial charge in [-0.1, -0.05) is 60.7 Å². The van der Waals surface area contributed by atoms with Crippen molar-refractivity contribution in [1.29, 1.82) is 0 Å². The van der Waals surface area contributed by atoms with Gasteiger partial charge in [0, 0.05) is 20.9 Å². The summed E-state index contributed by atoms with van der Waals surface area (Å²) in [5.41, 5.74) is 4.07. The zero-order valence-corrected chi connectivity index (χ0v) is 14.3. The Morgan fingerprint density at radius 2 is 1.00 bits per heavy atom. The van der Waals surface area contributed by atoms with Crippen molar-refractivity contribution < 1.29 is 4.79 Å². The van der Waals surface area contributed by atoms with E-state index in [4.69, 9.17) is 0 Å². The van der Waals surface area contributed by atoms with Crippen molar-refractivity contribution in [3.8, 4) is 30.6 Å². The van der Waals surface area contributed by atoms with Crippen molar-refractivity contribution in [2.75, 3.05) is 0 Å². The van der Waals surface area contributed by atoms with Gasteiger partial charge in [0.1, 0.15) is 0 Å². The number of fused-ring (bicyclic) bond motifs is 3. The van der Waals surface area contributed by atoms with E-state index in [-0.39, 0.29) is 5.78 Å². The minimum Gasteiger partial charge on any atom is -0.288 e. The van der Waals surface area contributed by atoms with Crippen molar-refractivity contribution in [3.63, 3.8) is 0 Å². The molecule has 2 aromatic carbocycles. The van der Waals surface area contributed by atoms with E-state index >= 15 is 0 Å². The van der Waals surface area contributed by atoms with E-state index in [1.54, 1.807) is 22.7 Å². The van der Waals surface area contributed by atoms with E-state index in [2.05, 4.69) is 24.3 Å². The maximum absolute atomic E-state index is 12.8. The summed E-state index contributed by atoms with van der Waals surface area (Å²) in [6.45, 7) is 0. The molecule has 0 spiro atoms. The molecule has 1 aliphatic carbocycles. The molecule has 0 saturated heterocycles. The lowest BCUT2D eigenvalue weighted by Crippen LogP contribution is -1.92. The van der Waals surface area contributed by atoms with Gasteiger partial charge in [0.05, 0.1) is 9.75 Å². The number of hydrogen-bond donors (Lipinski definition) is 0. The van der Waals surface area contributed by atoms with Gasteiger partial charge in [0.15, 0.2) is 5.78 Å². The number of benzene rings is 2. The summed E-state index contributed by atoms with van der Waals surface area (Å²) in [5, 5.41) is 0. The Hall–Kier alpha value is -2.49. The minimum atomic E-state index is 0.164. The van der Waals surface area contributed by atoms with Gasteiger partial charge in [-0.15, -0.1) is 22.7 Å². The lowest BCUT2D eigenvalue weighted by molar-refractivity contribution is 0.104. The fourth-order valence-electron chi connectivity index (χ4n) is 3.09. The summed E-state index contributed by atoms with van der Waals surface area (Å²) in [4.78, 5) is 17.4. The number of hydrogen-bond acceptors (Lipinski definition) is 3. The summed E-state index contributed by atoms with van der Waals surface area (Å²) in [7, 11) is 0. The molecule has 0 amide bonds. The van der Waals surface area contributed by atoms with Gasteiger partial charge in [-0.25, -0.2) is 0 Å². The van der Waals surface area contributed by atoms with Gasteiger partial charge < -0.3 is 0 Å². The molecular formula is C21H12OS2. The normalized spacial score (nSPS) is 12.2. The average molecular weight is 344 g/mol. The minimum absolute atomic E-state index is 0.164. The third-order valence-corrected chi connectivity index (χ3v) is 6.81. The van der Waals surface area contributed by atoms with Crippen LogP contribution in [-0.2, 0) is 0 Å². The average Bonchev–Trinajstić information content (AvgIpc) is 3.31. The van der Waals surface area contributed by atoms with Crippen LogP contribution in [0.4, 0.5) is 0 Å². The Bertz CT molecular complexity index is 970. The highest BCUT2D eigenvalue weighted by atomic mass is 32.1. The van der Waals surface area contributed by atoms with Crippen molar-refractivity contribution >= 4 is 28.5 Å². The number of rotatable bonds is 2. The Labute approximate surface area is 147 Å². The predicted octanol–water partition coefficient (Wildman–Crippen LogP) is 6.36. The molecule has 0 bridgehead atoms. The van der Waals surface area contributed by atoms with Crippen LogP contribution in [0, 0.1) is 0 Å². The van der Waals surface area contributed by atoms with Gasteiger partial charge in [0.25, 0.3) is 0 Å². The molecule has 2 heterocycles. The molecule has 0 atom stereocenters. The Morgan fingerprint density at radius 3 is 1.42 bits per heavy atom. The first kappa shape index (κ1) is 13.9. The maximum Gasteiger partial charge on any atom is 0.196 e. The molecule has 0 N–H and O–H groups in total. The number of carbonyl (C=O) groups excluding carboxylic acids is 1. The number of ketones is 1. The molecule has 3 heteroatoms. The van der Waals surface area contributed by atoms with E-state index in [0.717, 1.165) is 30.6 Å². The first-order valence-corrected chi connectivity index (χ1v) is 9.38. The molecule has 1 aliphatic rings. The van der Waals surface area contributed by atoms with Gasteiger partial charge in [-0.3, -0.25) is 4.79 Å². The summed E-state index contributed by atoms with van der Waals surface area (Å²) >= 11 is 3.44. The number of thiophene rings is 2. The van der Waals surface area contributed by atoms with Crippen LogP contribution in [0.2, 0.25) is 0 Å². The summed E-state index contributed by atoms with van der Waals surface area (Å²) in [6, 6.07) is 24.6. The molecule has 24 heavy (non-hydrogen) atoms. The Morgan fingerprint density at radius 1 is 0.583 bits per heavy atom. The van der Waals surface area contributed by atoms with Crippen LogP contribution in [0.25, 0.3) is 30.6 Å². The molecule has 0 aliphatic heterocycles. The summed E-state index contributed by atoms with van der Waals surface area (Å²) in [6.07, 6.45) is 0. The van der Waals surface area contributed by atoms with Crippen LogP contribution in [0.15, 0.2) is 72.8 Å².